The zero-order valence-corrected chi connectivity index (χ0v) is 13.2. The molecule has 2 aromatic heterocycles. The van der Waals surface area contributed by atoms with Gasteiger partial charge in [0.25, 0.3) is 0 Å². The first-order valence-electron chi connectivity index (χ1n) is 8.14. The molecule has 2 aliphatic rings. The Kier molecular flexibility index (Phi) is 4.10. The summed E-state index contributed by atoms with van der Waals surface area (Å²) in [5.74, 6) is 0.719. The van der Waals surface area contributed by atoms with E-state index in [1.807, 2.05) is 13.8 Å². The van der Waals surface area contributed by atoms with Crippen LogP contribution in [0.3, 0.4) is 0 Å². The van der Waals surface area contributed by atoms with Crippen LogP contribution in [0.1, 0.15) is 43.9 Å². The predicted molar refractivity (Wildman–Crippen MR) is 87.0 cm³/mol. The van der Waals surface area contributed by atoms with Crippen molar-refractivity contribution in [2.24, 2.45) is 0 Å². The second-order valence-electron chi connectivity index (χ2n) is 5.62. The number of piperazine rings is 1. The van der Waals surface area contributed by atoms with Crippen molar-refractivity contribution < 1.29 is 0 Å². The van der Waals surface area contributed by atoms with Gasteiger partial charge in [0.1, 0.15) is 0 Å². The van der Waals surface area contributed by atoms with Crippen molar-refractivity contribution >= 4 is 16.7 Å². The Hall–Kier alpha value is -1.62. The SMILES string of the molecule is CC.Cc1[nH]nc2ncc(C3CC3)c(N3CCNCC3)c12. The quantitative estimate of drug-likeness (QED) is 0.891. The van der Waals surface area contributed by atoms with Crippen LogP contribution in [0, 0.1) is 6.92 Å². The van der Waals surface area contributed by atoms with Crippen LogP contribution < -0.4 is 10.2 Å². The van der Waals surface area contributed by atoms with Gasteiger partial charge in [0.2, 0.25) is 0 Å². The number of aromatic amines is 1. The topological polar surface area (TPSA) is 56.8 Å². The molecule has 21 heavy (non-hydrogen) atoms. The molecule has 2 fully saturated rings. The highest BCUT2D eigenvalue weighted by Crippen LogP contribution is 2.46. The number of rotatable bonds is 2. The number of nitrogens with one attached hydrogen (secondary N) is 2. The molecule has 0 amide bonds. The zero-order chi connectivity index (χ0) is 14.8. The Labute approximate surface area is 126 Å². The van der Waals surface area contributed by atoms with Gasteiger partial charge in [-0.3, -0.25) is 5.10 Å². The van der Waals surface area contributed by atoms with Crippen molar-refractivity contribution in [1.82, 2.24) is 20.5 Å². The van der Waals surface area contributed by atoms with E-state index in [1.54, 1.807) is 0 Å². The highest BCUT2D eigenvalue weighted by Gasteiger charge is 2.30. The maximum Gasteiger partial charge on any atom is 0.183 e. The maximum absolute atomic E-state index is 4.53. The van der Waals surface area contributed by atoms with Crippen LogP contribution in [0.4, 0.5) is 5.69 Å². The highest BCUT2D eigenvalue weighted by atomic mass is 15.2. The zero-order valence-electron chi connectivity index (χ0n) is 13.2. The number of hydrogen-bond acceptors (Lipinski definition) is 4. The number of fused-ring (bicyclic) bond motifs is 1. The number of pyridine rings is 1. The highest BCUT2D eigenvalue weighted by molar-refractivity contribution is 5.93. The van der Waals surface area contributed by atoms with Crippen molar-refractivity contribution in [2.45, 2.75) is 39.5 Å². The second kappa shape index (κ2) is 6.02. The monoisotopic (exact) mass is 287 g/mol. The number of aryl methyl sites for hydroxylation is 1. The normalized spacial score (nSPS) is 18.5. The maximum atomic E-state index is 4.53. The van der Waals surface area contributed by atoms with Gasteiger partial charge in [-0.15, -0.1) is 0 Å². The Bertz CT molecular complexity index is 608. The molecule has 5 heteroatoms. The minimum atomic E-state index is 0.719. The van der Waals surface area contributed by atoms with E-state index in [9.17, 15) is 0 Å². The van der Waals surface area contributed by atoms with Crippen molar-refractivity contribution in [3.8, 4) is 0 Å². The van der Waals surface area contributed by atoms with Crippen molar-refractivity contribution in [2.75, 3.05) is 31.1 Å². The molecule has 3 heterocycles. The van der Waals surface area contributed by atoms with Crippen LogP contribution in [0.2, 0.25) is 0 Å². The van der Waals surface area contributed by atoms with Gasteiger partial charge in [0.15, 0.2) is 5.65 Å². The molecule has 0 aromatic carbocycles. The lowest BCUT2D eigenvalue weighted by atomic mass is 10.1. The van der Waals surface area contributed by atoms with E-state index in [0.717, 1.165) is 43.4 Å². The smallest absolute Gasteiger partial charge is 0.183 e. The van der Waals surface area contributed by atoms with Gasteiger partial charge in [-0.25, -0.2) is 4.98 Å². The first kappa shape index (κ1) is 14.3. The van der Waals surface area contributed by atoms with E-state index in [1.165, 1.54) is 29.5 Å². The average molecular weight is 287 g/mol. The van der Waals surface area contributed by atoms with E-state index in [-0.39, 0.29) is 0 Å². The third kappa shape index (κ3) is 2.62. The molecule has 4 rings (SSSR count). The van der Waals surface area contributed by atoms with Gasteiger partial charge < -0.3 is 10.2 Å². The molecule has 2 aromatic rings. The molecule has 1 aliphatic heterocycles. The summed E-state index contributed by atoms with van der Waals surface area (Å²) in [7, 11) is 0. The van der Waals surface area contributed by atoms with Crippen molar-refractivity contribution in [3.63, 3.8) is 0 Å². The summed E-state index contributed by atoms with van der Waals surface area (Å²) in [6, 6.07) is 0. The first-order chi connectivity index (χ1) is 10.3. The Morgan fingerprint density at radius 2 is 1.90 bits per heavy atom. The molecule has 1 saturated heterocycles. The molecular weight excluding hydrogens is 262 g/mol. The van der Waals surface area contributed by atoms with Crippen LogP contribution >= 0.6 is 0 Å². The van der Waals surface area contributed by atoms with E-state index in [4.69, 9.17) is 0 Å². The Morgan fingerprint density at radius 3 is 2.57 bits per heavy atom. The summed E-state index contributed by atoms with van der Waals surface area (Å²) in [6.45, 7) is 10.4. The van der Waals surface area contributed by atoms with Gasteiger partial charge in [-0.2, -0.15) is 5.10 Å². The van der Waals surface area contributed by atoms with Gasteiger partial charge in [-0.1, -0.05) is 13.8 Å². The molecule has 0 radical (unpaired) electrons. The summed E-state index contributed by atoms with van der Waals surface area (Å²) < 4.78 is 0. The van der Waals surface area contributed by atoms with Gasteiger partial charge in [0, 0.05) is 38.1 Å². The van der Waals surface area contributed by atoms with Crippen LogP contribution in [-0.4, -0.2) is 41.4 Å². The fourth-order valence-electron chi connectivity index (χ4n) is 3.05. The molecule has 1 aliphatic carbocycles. The number of aromatic nitrogens is 3. The molecule has 0 bridgehead atoms. The second-order valence-corrected chi connectivity index (χ2v) is 5.62. The lowest BCUT2D eigenvalue weighted by molar-refractivity contribution is 0.589. The van der Waals surface area contributed by atoms with Crippen LogP contribution in [0.5, 0.6) is 0 Å². The largest absolute Gasteiger partial charge is 0.368 e. The van der Waals surface area contributed by atoms with E-state index in [0.29, 0.717) is 0 Å². The number of anilines is 1. The number of H-pyrrole nitrogens is 1. The van der Waals surface area contributed by atoms with Crippen LogP contribution in [-0.2, 0) is 0 Å². The van der Waals surface area contributed by atoms with Gasteiger partial charge >= 0.3 is 0 Å². The summed E-state index contributed by atoms with van der Waals surface area (Å²) in [6.07, 6.45) is 4.67. The molecule has 114 valence electrons. The summed E-state index contributed by atoms with van der Waals surface area (Å²) in [4.78, 5) is 7.04. The van der Waals surface area contributed by atoms with E-state index >= 15 is 0 Å². The average Bonchev–Trinajstić information content (AvgIpc) is 3.33. The summed E-state index contributed by atoms with van der Waals surface area (Å²) >= 11 is 0. The molecule has 0 unspecified atom stereocenters. The molecule has 2 N–H and O–H groups in total. The first-order valence-corrected chi connectivity index (χ1v) is 8.14. The third-order valence-electron chi connectivity index (χ3n) is 4.21. The summed E-state index contributed by atoms with van der Waals surface area (Å²) in [5.41, 5.74) is 4.81. The Balaban J connectivity index is 0.000000636. The van der Waals surface area contributed by atoms with Gasteiger partial charge in [-0.05, 0) is 31.2 Å². The van der Waals surface area contributed by atoms with E-state index < -0.39 is 0 Å². The number of nitrogens with zero attached hydrogens (tertiary/aromatic N) is 3. The lowest BCUT2D eigenvalue weighted by Crippen LogP contribution is -2.44. The molecule has 1 saturated carbocycles. The van der Waals surface area contributed by atoms with Crippen LogP contribution in [0.25, 0.3) is 11.0 Å². The predicted octanol–water partition coefficient (Wildman–Crippen LogP) is 2.58. The third-order valence-corrected chi connectivity index (χ3v) is 4.21. The minimum absolute atomic E-state index is 0.719. The van der Waals surface area contributed by atoms with Crippen molar-refractivity contribution in [1.29, 1.82) is 0 Å². The van der Waals surface area contributed by atoms with E-state index in [2.05, 4.69) is 38.5 Å². The van der Waals surface area contributed by atoms with Crippen LogP contribution in [0.15, 0.2) is 6.20 Å². The van der Waals surface area contributed by atoms with Crippen molar-refractivity contribution in [3.05, 3.63) is 17.5 Å². The lowest BCUT2D eigenvalue weighted by Gasteiger charge is -2.31. The molecular formula is C16H25N5. The minimum Gasteiger partial charge on any atom is -0.368 e. The molecule has 5 nitrogen and oxygen atoms in total. The summed E-state index contributed by atoms with van der Waals surface area (Å²) in [5, 5.41) is 12.1. The fraction of sp³-hybridized carbons (Fsp3) is 0.625. The fourth-order valence-corrected chi connectivity index (χ4v) is 3.05. The standard InChI is InChI=1S/C14H19N5.C2H6/c1-9-12-13(19-6-4-15-5-7-19)11(10-2-3-10)8-16-14(12)18-17-9;1-2/h8,10,15H,2-7H2,1H3,(H,16,17,18);1-2H3. The van der Waals surface area contributed by atoms with Gasteiger partial charge in [0.05, 0.1) is 11.1 Å². The molecule has 0 atom stereocenters. The Morgan fingerprint density at radius 1 is 1.19 bits per heavy atom. The number of hydrogen-bond donors (Lipinski definition) is 2. The molecule has 0 spiro atoms.